The lowest BCUT2D eigenvalue weighted by Crippen LogP contribution is -2.10. The van der Waals surface area contributed by atoms with Crippen molar-refractivity contribution in [3.63, 3.8) is 0 Å². The first-order valence-electron chi connectivity index (χ1n) is 5.54. The van der Waals surface area contributed by atoms with Gasteiger partial charge in [0.1, 0.15) is 6.33 Å². The number of thiophene rings is 1. The molecule has 2 aromatic heterocycles. The quantitative estimate of drug-likeness (QED) is 0.904. The molecule has 0 radical (unpaired) electrons. The topological polar surface area (TPSA) is 51.8 Å². The van der Waals surface area contributed by atoms with E-state index >= 15 is 0 Å². The lowest BCUT2D eigenvalue weighted by atomic mass is 10.1. The van der Waals surface area contributed by atoms with Crippen LogP contribution in [0.5, 0.6) is 0 Å². The van der Waals surface area contributed by atoms with E-state index < -0.39 is 0 Å². The Morgan fingerprint density at radius 1 is 1.29 bits per heavy atom. The van der Waals surface area contributed by atoms with Crippen LogP contribution in [0.1, 0.15) is 26.9 Å². The zero-order chi connectivity index (χ0) is 11.7. The highest BCUT2D eigenvalue weighted by Crippen LogP contribution is 2.35. The molecule has 0 spiro atoms. The van der Waals surface area contributed by atoms with Gasteiger partial charge in [-0.25, -0.2) is 9.97 Å². The van der Waals surface area contributed by atoms with Gasteiger partial charge in [-0.3, -0.25) is 0 Å². The molecule has 88 valence electrons. The first kappa shape index (κ1) is 11.2. The van der Waals surface area contributed by atoms with Crippen LogP contribution in [0.3, 0.4) is 0 Å². The van der Waals surface area contributed by atoms with Crippen molar-refractivity contribution in [1.29, 1.82) is 0 Å². The molecule has 1 unspecified atom stereocenters. The molecule has 0 saturated carbocycles. The van der Waals surface area contributed by atoms with Crippen LogP contribution >= 0.6 is 23.1 Å². The predicted molar refractivity (Wildman–Crippen MR) is 72.2 cm³/mol. The largest absolute Gasteiger partial charge is 0.320 e. The smallest absolute Gasteiger partial charge is 0.115 e. The molecule has 5 heteroatoms. The van der Waals surface area contributed by atoms with Gasteiger partial charge in [0.2, 0.25) is 0 Å². The van der Waals surface area contributed by atoms with Gasteiger partial charge in [0.15, 0.2) is 0 Å². The van der Waals surface area contributed by atoms with E-state index in [-0.39, 0.29) is 6.04 Å². The summed E-state index contributed by atoms with van der Waals surface area (Å²) in [5.74, 6) is 2.36. The minimum Gasteiger partial charge on any atom is -0.320 e. The molecule has 1 aliphatic rings. The molecule has 2 N–H and O–H groups in total. The third-order valence-corrected chi connectivity index (χ3v) is 5.22. The van der Waals surface area contributed by atoms with Gasteiger partial charge in [-0.15, -0.1) is 11.3 Å². The summed E-state index contributed by atoms with van der Waals surface area (Å²) in [5, 5.41) is 0. The molecule has 0 fully saturated rings. The Bertz CT molecular complexity index is 486. The maximum atomic E-state index is 6.25. The highest BCUT2D eigenvalue weighted by Gasteiger charge is 2.18. The SMILES string of the molecule is NC(c1cncnc1)c1cc2c(s1)CCSC2. The highest BCUT2D eigenvalue weighted by atomic mass is 32.2. The summed E-state index contributed by atoms with van der Waals surface area (Å²) in [6, 6.07) is 2.17. The fourth-order valence-corrected chi connectivity index (χ4v) is 4.36. The van der Waals surface area contributed by atoms with Gasteiger partial charge in [-0.1, -0.05) is 0 Å². The number of aromatic nitrogens is 2. The normalized spacial score (nSPS) is 16.5. The maximum Gasteiger partial charge on any atom is 0.115 e. The summed E-state index contributed by atoms with van der Waals surface area (Å²) >= 11 is 3.84. The lowest BCUT2D eigenvalue weighted by Gasteiger charge is -2.08. The summed E-state index contributed by atoms with van der Waals surface area (Å²) in [7, 11) is 0. The Labute approximate surface area is 108 Å². The van der Waals surface area contributed by atoms with Crippen LogP contribution in [0.2, 0.25) is 0 Å². The molecule has 0 aliphatic carbocycles. The molecular weight excluding hydrogens is 250 g/mol. The van der Waals surface area contributed by atoms with Gasteiger partial charge in [0.05, 0.1) is 6.04 Å². The maximum absolute atomic E-state index is 6.25. The number of fused-ring (bicyclic) bond motifs is 1. The Balaban J connectivity index is 1.91. The molecule has 2 aromatic rings. The van der Waals surface area contributed by atoms with Crippen molar-refractivity contribution in [2.75, 3.05) is 5.75 Å². The molecule has 3 rings (SSSR count). The van der Waals surface area contributed by atoms with E-state index in [9.17, 15) is 0 Å². The summed E-state index contributed by atoms with van der Waals surface area (Å²) in [5.41, 5.74) is 8.70. The number of thioether (sulfide) groups is 1. The second kappa shape index (κ2) is 4.76. The van der Waals surface area contributed by atoms with Crippen LogP contribution in [-0.2, 0) is 12.2 Å². The summed E-state index contributed by atoms with van der Waals surface area (Å²) in [6.07, 6.45) is 6.31. The number of rotatable bonds is 2. The van der Waals surface area contributed by atoms with Gasteiger partial charge < -0.3 is 5.73 Å². The second-order valence-corrected chi connectivity index (χ2v) is 6.32. The number of nitrogens with two attached hydrogens (primary N) is 1. The zero-order valence-electron chi connectivity index (χ0n) is 9.30. The van der Waals surface area contributed by atoms with Gasteiger partial charge in [0, 0.05) is 33.5 Å². The standard InChI is InChI=1S/C12H13N3S2/c13-12(9-4-14-7-15-5-9)11-3-8-6-16-2-1-10(8)17-11/h3-5,7,12H,1-2,6,13H2. The number of hydrogen-bond donors (Lipinski definition) is 1. The first-order valence-corrected chi connectivity index (χ1v) is 7.51. The van der Waals surface area contributed by atoms with Crippen molar-refractivity contribution in [3.05, 3.63) is 45.7 Å². The van der Waals surface area contributed by atoms with Crippen molar-refractivity contribution in [2.45, 2.75) is 18.2 Å². The number of hydrogen-bond acceptors (Lipinski definition) is 5. The summed E-state index contributed by atoms with van der Waals surface area (Å²) in [6.45, 7) is 0. The Hall–Kier alpha value is -0.910. The lowest BCUT2D eigenvalue weighted by molar-refractivity contribution is 0.869. The van der Waals surface area contributed by atoms with Crippen LogP contribution in [0, 0.1) is 0 Å². The number of nitrogens with zero attached hydrogens (tertiary/aromatic N) is 2. The third kappa shape index (κ3) is 2.22. The fourth-order valence-electron chi connectivity index (χ4n) is 1.96. The molecule has 3 nitrogen and oxygen atoms in total. The van der Waals surface area contributed by atoms with Gasteiger partial charge in [-0.05, 0) is 23.8 Å². The summed E-state index contributed by atoms with van der Waals surface area (Å²) in [4.78, 5) is 10.8. The van der Waals surface area contributed by atoms with E-state index in [1.54, 1.807) is 12.4 Å². The molecule has 0 amide bonds. The van der Waals surface area contributed by atoms with Crippen molar-refractivity contribution >= 4 is 23.1 Å². The molecule has 0 saturated heterocycles. The van der Waals surface area contributed by atoms with E-state index in [1.807, 2.05) is 23.1 Å². The molecule has 3 heterocycles. The van der Waals surface area contributed by atoms with Crippen molar-refractivity contribution < 1.29 is 0 Å². The zero-order valence-corrected chi connectivity index (χ0v) is 10.9. The Kier molecular flexibility index (Phi) is 3.13. The van der Waals surface area contributed by atoms with Crippen LogP contribution in [-0.4, -0.2) is 15.7 Å². The van der Waals surface area contributed by atoms with Gasteiger partial charge in [0.25, 0.3) is 0 Å². The predicted octanol–water partition coefficient (Wildman–Crippen LogP) is 2.38. The van der Waals surface area contributed by atoms with E-state index in [2.05, 4.69) is 16.0 Å². The molecule has 0 aromatic carbocycles. The summed E-state index contributed by atoms with van der Waals surface area (Å²) < 4.78 is 0. The third-order valence-electron chi connectivity index (χ3n) is 2.89. The molecular formula is C12H13N3S2. The molecule has 0 bridgehead atoms. The highest BCUT2D eigenvalue weighted by molar-refractivity contribution is 7.98. The van der Waals surface area contributed by atoms with Crippen LogP contribution in [0.25, 0.3) is 0 Å². The molecule has 1 atom stereocenters. The molecule has 1 aliphatic heterocycles. The van der Waals surface area contributed by atoms with Crippen molar-refractivity contribution in [2.24, 2.45) is 5.73 Å². The van der Waals surface area contributed by atoms with Crippen molar-refractivity contribution in [3.8, 4) is 0 Å². The Morgan fingerprint density at radius 3 is 2.88 bits per heavy atom. The Morgan fingerprint density at radius 2 is 2.12 bits per heavy atom. The van der Waals surface area contributed by atoms with E-state index in [0.29, 0.717) is 0 Å². The minimum absolute atomic E-state index is 0.0863. The molecule has 17 heavy (non-hydrogen) atoms. The van der Waals surface area contributed by atoms with E-state index in [0.717, 1.165) is 11.3 Å². The minimum atomic E-state index is -0.0863. The average molecular weight is 263 g/mol. The van der Waals surface area contributed by atoms with E-state index in [4.69, 9.17) is 5.73 Å². The van der Waals surface area contributed by atoms with Crippen LogP contribution < -0.4 is 5.73 Å². The number of aryl methyl sites for hydroxylation is 1. The monoisotopic (exact) mass is 263 g/mol. The van der Waals surface area contributed by atoms with Crippen LogP contribution in [0.15, 0.2) is 24.8 Å². The van der Waals surface area contributed by atoms with Gasteiger partial charge >= 0.3 is 0 Å². The average Bonchev–Trinajstić information content (AvgIpc) is 2.82. The van der Waals surface area contributed by atoms with Gasteiger partial charge in [-0.2, -0.15) is 11.8 Å². The van der Waals surface area contributed by atoms with E-state index in [1.165, 1.54) is 33.8 Å². The first-order chi connectivity index (χ1) is 8.34. The fraction of sp³-hybridized carbons (Fsp3) is 0.333. The van der Waals surface area contributed by atoms with Crippen molar-refractivity contribution in [1.82, 2.24) is 9.97 Å². The van der Waals surface area contributed by atoms with Crippen LogP contribution in [0.4, 0.5) is 0 Å². The second-order valence-electron chi connectivity index (χ2n) is 4.05.